The molecule has 0 fully saturated rings. The van der Waals surface area contributed by atoms with Gasteiger partial charge in [0.2, 0.25) is 10.0 Å². The van der Waals surface area contributed by atoms with Crippen LogP contribution < -0.4 is 10.5 Å². The summed E-state index contributed by atoms with van der Waals surface area (Å²) in [4.78, 5) is 14.0. The van der Waals surface area contributed by atoms with E-state index in [-0.39, 0.29) is 11.4 Å². The Morgan fingerprint density at radius 1 is 1.17 bits per heavy atom. The summed E-state index contributed by atoms with van der Waals surface area (Å²) < 4.78 is 32.1. The zero-order valence-electron chi connectivity index (χ0n) is 12.5. The molecule has 1 aromatic heterocycles. The van der Waals surface area contributed by atoms with Crippen LogP contribution in [0.5, 0.6) is 0 Å². The molecule has 0 unspecified atom stereocenters. The highest BCUT2D eigenvalue weighted by Gasteiger charge is 2.15. The summed E-state index contributed by atoms with van der Waals surface area (Å²) in [6.45, 7) is 2.02. The molecule has 0 aliphatic heterocycles. The number of oxazole rings is 1. The van der Waals surface area contributed by atoms with E-state index >= 15 is 0 Å². The van der Waals surface area contributed by atoms with Crippen LogP contribution in [0.25, 0.3) is 11.1 Å². The van der Waals surface area contributed by atoms with Gasteiger partial charge in [0, 0.05) is 6.54 Å². The van der Waals surface area contributed by atoms with Crippen LogP contribution in [0.15, 0.2) is 56.6 Å². The lowest BCUT2D eigenvalue weighted by molar-refractivity contribution is 0.555. The highest BCUT2D eigenvalue weighted by molar-refractivity contribution is 7.89. The maximum absolute atomic E-state index is 12.3. The Labute approximate surface area is 133 Å². The molecule has 3 rings (SSSR count). The van der Waals surface area contributed by atoms with E-state index in [4.69, 9.17) is 4.42 Å². The second-order valence-corrected chi connectivity index (χ2v) is 6.99. The molecule has 0 amide bonds. The Hall–Kier alpha value is -2.38. The first kappa shape index (κ1) is 15.5. The maximum Gasteiger partial charge on any atom is 0.417 e. The summed E-state index contributed by atoms with van der Waals surface area (Å²) in [5.74, 6) is -0.502. The van der Waals surface area contributed by atoms with Crippen LogP contribution in [-0.4, -0.2) is 19.9 Å². The van der Waals surface area contributed by atoms with Gasteiger partial charge in [-0.3, -0.25) is 4.98 Å². The molecule has 7 heteroatoms. The molecule has 0 saturated heterocycles. The number of hydrogen-bond acceptors (Lipinski definition) is 4. The average molecular weight is 332 g/mol. The van der Waals surface area contributed by atoms with Gasteiger partial charge in [0.15, 0.2) is 5.58 Å². The number of nitrogens with one attached hydrogen (secondary N) is 2. The van der Waals surface area contributed by atoms with Gasteiger partial charge in [-0.1, -0.05) is 24.3 Å². The summed E-state index contributed by atoms with van der Waals surface area (Å²) in [5, 5.41) is 0. The van der Waals surface area contributed by atoms with E-state index < -0.39 is 15.8 Å². The predicted molar refractivity (Wildman–Crippen MR) is 86.9 cm³/mol. The van der Waals surface area contributed by atoms with Crippen molar-refractivity contribution in [1.82, 2.24) is 9.71 Å². The van der Waals surface area contributed by atoms with Gasteiger partial charge in [-0.25, -0.2) is 17.9 Å². The monoisotopic (exact) mass is 332 g/mol. The van der Waals surface area contributed by atoms with Crippen molar-refractivity contribution in [2.75, 3.05) is 6.54 Å². The lowest BCUT2D eigenvalue weighted by Crippen LogP contribution is -2.26. The molecule has 3 aromatic rings. The van der Waals surface area contributed by atoms with Gasteiger partial charge in [-0.05, 0) is 42.7 Å². The number of sulfonamides is 1. The van der Waals surface area contributed by atoms with Crippen LogP contribution in [0.3, 0.4) is 0 Å². The molecule has 2 N–H and O–H groups in total. The van der Waals surface area contributed by atoms with Crippen molar-refractivity contribution in [3.63, 3.8) is 0 Å². The van der Waals surface area contributed by atoms with Crippen LogP contribution in [0.1, 0.15) is 11.1 Å². The molecule has 6 nitrogen and oxygen atoms in total. The second-order valence-electron chi connectivity index (χ2n) is 5.26. The summed E-state index contributed by atoms with van der Waals surface area (Å²) >= 11 is 0. The summed E-state index contributed by atoms with van der Waals surface area (Å²) in [6.07, 6.45) is 0.496. The average Bonchev–Trinajstić information content (AvgIpc) is 2.86. The van der Waals surface area contributed by atoms with Crippen molar-refractivity contribution in [1.29, 1.82) is 0 Å². The highest BCUT2D eigenvalue weighted by Crippen LogP contribution is 2.15. The number of H-pyrrole nitrogens is 1. The Morgan fingerprint density at radius 3 is 2.74 bits per heavy atom. The van der Waals surface area contributed by atoms with E-state index in [1.165, 1.54) is 0 Å². The van der Waals surface area contributed by atoms with Crippen LogP contribution in [-0.2, 0) is 16.4 Å². The molecular weight excluding hydrogens is 316 g/mol. The molecule has 0 aliphatic carbocycles. The van der Waals surface area contributed by atoms with E-state index in [1.807, 2.05) is 6.07 Å². The number of benzene rings is 2. The van der Waals surface area contributed by atoms with Gasteiger partial charge < -0.3 is 4.42 Å². The van der Waals surface area contributed by atoms with Crippen molar-refractivity contribution in [3.8, 4) is 0 Å². The van der Waals surface area contributed by atoms with Crippen LogP contribution >= 0.6 is 0 Å². The first-order valence-corrected chi connectivity index (χ1v) is 8.61. The zero-order valence-corrected chi connectivity index (χ0v) is 13.3. The van der Waals surface area contributed by atoms with E-state index in [0.29, 0.717) is 23.1 Å². The second kappa shape index (κ2) is 6.02. The smallest absolute Gasteiger partial charge is 0.408 e. The Balaban J connectivity index is 1.70. The normalized spacial score (nSPS) is 11.9. The van der Waals surface area contributed by atoms with Crippen molar-refractivity contribution >= 4 is 21.1 Å². The lowest BCUT2D eigenvalue weighted by Gasteiger charge is -2.09. The first-order valence-electron chi connectivity index (χ1n) is 7.13. The number of hydrogen-bond donors (Lipinski definition) is 2. The zero-order chi connectivity index (χ0) is 16.4. The number of aromatic nitrogens is 1. The minimum atomic E-state index is -3.53. The molecule has 0 bridgehead atoms. The van der Waals surface area contributed by atoms with Crippen LogP contribution in [0, 0.1) is 6.92 Å². The van der Waals surface area contributed by atoms with E-state index in [1.54, 1.807) is 43.3 Å². The number of rotatable bonds is 5. The summed E-state index contributed by atoms with van der Waals surface area (Å²) in [6, 6.07) is 12.1. The van der Waals surface area contributed by atoms with E-state index in [0.717, 1.165) is 5.56 Å². The molecule has 23 heavy (non-hydrogen) atoms. The standard InChI is InChI=1S/C16H16N2O4S/c1-11-4-2-3-5-15(11)23(20,21)17-9-8-12-6-7-13-14(10-12)22-16(19)18-13/h2-7,10,17H,8-9H2,1H3,(H,18,19). The van der Waals surface area contributed by atoms with Crippen LogP contribution in [0.4, 0.5) is 0 Å². The SMILES string of the molecule is Cc1ccccc1S(=O)(=O)NCCc1ccc2[nH]c(=O)oc2c1. The van der Waals surface area contributed by atoms with E-state index in [9.17, 15) is 13.2 Å². The fourth-order valence-corrected chi connectivity index (χ4v) is 3.69. The summed E-state index contributed by atoms with van der Waals surface area (Å²) in [5.41, 5.74) is 2.68. The molecule has 120 valence electrons. The Bertz CT molecular complexity index is 1000. The predicted octanol–water partition coefficient (Wildman–Crippen LogP) is 1.95. The fraction of sp³-hybridized carbons (Fsp3) is 0.188. The maximum atomic E-state index is 12.3. The third-order valence-corrected chi connectivity index (χ3v) is 5.20. The summed E-state index contributed by atoms with van der Waals surface area (Å²) in [7, 11) is -3.53. The minimum absolute atomic E-state index is 0.261. The largest absolute Gasteiger partial charge is 0.417 e. The van der Waals surface area contributed by atoms with Gasteiger partial charge in [0.1, 0.15) is 0 Å². The van der Waals surface area contributed by atoms with Crippen molar-refractivity contribution in [2.45, 2.75) is 18.2 Å². The quantitative estimate of drug-likeness (QED) is 0.747. The van der Waals surface area contributed by atoms with Crippen molar-refractivity contribution in [2.24, 2.45) is 0 Å². The van der Waals surface area contributed by atoms with E-state index in [2.05, 4.69) is 9.71 Å². The molecule has 1 heterocycles. The molecule has 0 radical (unpaired) electrons. The third kappa shape index (κ3) is 3.35. The van der Waals surface area contributed by atoms with Gasteiger partial charge in [-0.2, -0.15) is 0 Å². The molecule has 0 spiro atoms. The molecule has 0 saturated carbocycles. The number of fused-ring (bicyclic) bond motifs is 1. The fourth-order valence-electron chi connectivity index (χ4n) is 2.41. The van der Waals surface area contributed by atoms with Gasteiger partial charge >= 0.3 is 5.76 Å². The van der Waals surface area contributed by atoms with Crippen molar-refractivity contribution in [3.05, 3.63) is 64.1 Å². The Morgan fingerprint density at radius 2 is 1.96 bits per heavy atom. The van der Waals surface area contributed by atoms with Gasteiger partial charge in [-0.15, -0.1) is 0 Å². The number of aryl methyl sites for hydroxylation is 1. The molecular formula is C16H16N2O4S. The first-order chi connectivity index (χ1) is 11.0. The lowest BCUT2D eigenvalue weighted by atomic mass is 10.1. The highest BCUT2D eigenvalue weighted by atomic mass is 32.2. The van der Waals surface area contributed by atoms with Gasteiger partial charge in [0.25, 0.3) is 0 Å². The Kier molecular flexibility index (Phi) is 4.06. The topological polar surface area (TPSA) is 92.2 Å². The minimum Gasteiger partial charge on any atom is -0.408 e. The third-order valence-electron chi connectivity index (χ3n) is 3.57. The van der Waals surface area contributed by atoms with Gasteiger partial charge in [0.05, 0.1) is 10.4 Å². The molecule has 0 atom stereocenters. The van der Waals surface area contributed by atoms with Crippen LogP contribution in [0.2, 0.25) is 0 Å². The number of aromatic amines is 1. The van der Waals surface area contributed by atoms with Crippen molar-refractivity contribution < 1.29 is 12.8 Å². The molecule has 0 aliphatic rings. The molecule has 2 aromatic carbocycles.